The van der Waals surface area contributed by atoms with Crippen LogP contribution < -0.4 is 0 Å². The van der Waals surface area contributed by atoms with Crippen LogP contribution in [0.2, 0.25) is 0 Å². The van der Waals surface area contributed by atoms with Gasteiger partial charge in [0.2, 0.25) is 11.7 Å². The molecule has 0 spiro atoms. The summed E-state index contributed by atoms with van der Waals surface area (Å²) in [6, 6.07) is 15.3. The molecular weight excluding hydrogens is 386 g/mol. The number of benzene rings is 2. The van der Waals surface area contributed by atoms with Crippen LogP contribution in [0.5, 0.6) is 0 Å². The van der Waals surface area contributed by atoms with E-state index in [0.29, 0.717) is 11.1 Å². The zero-order chi connectivity index (χ0) is 22.3. The fourth-order valence-electron chi connectivity index (χ4n) is 3.19. The summed E-state index contributed by atoms with van der Waals surface area (Å²) in [5.41, 5.74) is 3.79. The van der Waals surface area contributed by atoms with Gasteiger partial charge in [-0.25, -0.2) is 0 Å². The van der Waals surface area contributed by atoms with E-state index < -0.39 is 11.7 Å². The molecule has 0 aliphatic heterocycles. The van der Waals surface area contributed by atoms with E-state index in [9.17, 15) is 8.78 Å². The van der Waals surface area contributed by atoms with Gasteiger partial charge in [0.1, 0.15) is 0 Å². The van der Waals surface area contributed by atoms with Crippen LogP contribution in [0.25, 0.3) is 0 Å². The summed E-state index contributed by atoms with van der Waals surface area (Å²) in [7, 11) is 0. The largest absolute Gasteiger partial charge is 0.217 e. The Balaban J connectivity index is 1.92. The molecule has 2 aromatic carbocycles. The highest BCUT2D eigenvalue weighted by Crippen LogP contribution is 2.12. The molecule has 0 fully saturated rings. The lowest BCUT2D eigenvalue weighted by molar-refractivity contribution is 0.584. The highest BCUT2D eigenvalue weighted by molar-refractivity contribution is 5.45. The molecule has 0 saturated carbocycles. The zero-order valence-electron chi connectivity index (χ0n) is 18.7. The first kappa shape index (κ1) is 24.4. The Labute approximate surface area is 186 Å². The highest BCUT2D eigenvalue weighted by atomic mass is 19.2. The standard InChI is InChI=1S/C29H32F2/c1-3-5-7-8-9-11-25-14-18-27(19-15-25)21-23-29(31)28(30)22-20-26-16-12-24(13-17-26)10-6-4-2/h12-19H,3-11H2,1-2H3. The molecule has 0 heterocycles. The summed E-state index contributed by atoms with van der Waals surface area (Å²) >= 11 is 0. The quantitative estimate of drug-likeness (QED) is 0.285. The van der Waals surface area contributed by atoms with Crippen LogP contribution in [-0.4, -0.2) is 0 Å². The number of halogens is 2. The molecule has 0 bridgehead atoms. The van der Waals surface area contributed by atoms with Gasteiger partial charge in [-0.15, -0.1) is 0 Å². The van der Waals surface area contributed by atoms with Crippen molar-refractivity contribution in [1.29, 1.82) is 0 Å². The third-order valence-corrected chi connectivity index (χ3v) is 5.12. The van der Waals surface area contributed by atoms with Crippen molar-refractivity contribution < 1.29 is 8.78 Å². The second kappa shape index (κ2) is 14.2. The summed E-state index contributed by atoms with van der Waals surface area (Å²) in [6.45, 7) is 4.36. The molecule has 31 heavy (non-hydrogen) atoms. The van der Waals surface area contributed by atoms with E-state index in [2.05, 4.69) is 37.5 Å². The van der Waals surface area contributed by atoms with Crippen LogP contribution in [0.1, 0.15) is 81.0 Å². The number of unbranched alkanes of at least 4 members (excludes halogenated alkanes) is 5. The predicted molar refractivity (Wildman–Crippen MR) is 127 cm³/mol. The van der Waals surface area contributed by atoms with E-state index >= 15 is 0 Å². The molecule has 162 valence electrons. The Morgan fingerprint density at radius 3 is 1.45 bits per heavy atom. The Morgan fingerprint density at radius 2 is 1.00 bits per heavy atom. The molecule has 2 heteroatoms. The molecule has 0 N–H and O–H groups in total. The summed E-state index contributed by atoms with van der Waals surface area (Å²) in [6.07, 6.45) is 10.6. The Kier molecular flexibility index (Phi) is 11.2. The smallest absolute Gasteiger partial charge is 0.193 e. The lowest BCUT2D eigenvalue weighted by Crippen LogP contribution is -1.86. The maximum atomic E-state index is 14.0. The molecule has 0 amide bonds. The van der Waals surface area contributed by atoms with E-state index in [1.165, 1.54) is 43.2 Å². The second-order valence-electron chi connectivity index (χ2n) is 7.79. The molecular formula is C29H32F2. The van der Waals surface area contributed by atoms with Crippen molar-refractivity contribution in [3.8, 4) is 23.7 Å². The lowest BCUT2D eigenvalue weighted by Gasteiger charge is -2.01. The van der Waals surface area contributed by atoms with Crippen molar-refractivity contribution in [3.05, 3.63) is 82.4 Å². The minimum atomic E-state index is -1.13. The molecule has 0 radical (unpaired) electrons. The van der Waals surface area contributed by atoms with Crippen LogP contribution >= 0.6 is 0 Å². The summed E-state index contributed by atoms with van der Waals surface area (Å²) in [5, 5.41) is 0. The predicted octanol–water partition coefficient (Wildman–Crippen LogP) is 8.10. The minimum absolute atomic E-state index is 0.654. The van der Waals surface area contributed by atoms with Crippen molar-refractivity contribution in [2.75, 3.05) is 0 Å². The van der Waals surface area contributed by atoms with Crippen molar-refractivity contribution in [1.82, 2.24) is 0 Å². The number of hydrogen-bond acceptors (Lipinski definition) is 0. The van der Waals surface area contributed by atoms with Gasteiger partial charge in [0, 0.05) is 11.1 Å². The van der Waals surface area contributed by atoms with Gasteiger partial charge in [0.05, 0.1) is 0 Å². The van der Waals surface area contributed by atoms with Gasteiger partial charge in [0.25, 0.3) is 0 Å². The van der Waals surface area contributed by atoms with Crippen LogP contribution in [0, 0.1) is 23.7 Å². The van der Waals surface area contributed by atoms with Crippen LogP contribution in [0.3, 0.4) is 0 Å². The first-order chi connectivity index (χ1) is 15.1. The fourth-order valence-corrected chi connectivity index (χ4v) is 3.19. The third kappa shape index (κ3) is 9.67. The maximum absolute atomic E-state index is 14.0. The zero-order valence-corrected chi connectivity index (χ0v) is 18.7. The first-order valence-electron chi connectivity index (χ1n) is 11.4. The number of allylic oxidation sites excluding steroid dienone is 2. The van der Waals surface area contributed by atoms with Gasteiger partial charge in [-0.2, -0.15) is 8.78 Å². The fraction of sp³-hybridized carbons (Fsp3) is 0.379. The number of rotatable bonds is 9. The van der Waals surface area contributed by atoms with E-state index in [-0.39, 0.29) is 0 Å². The van der Waals surface area contributed by atoms with E-state index in [0.717, 1.165) is 25.7 Å². The first-order valence-corrected chi connectivity index (χ1v) is 11.4. The van der Waals surface area contributed by atoms with Crippen molar-refractivity contribution in [2.45, 2.75) is 71.6 Å². The Hall–Kier alpha value is -2.84. The molecule has 0 nitrogen and oxygen atoms in total. The average Bonchev–Trinajstić information content (AvgIpc) is 2.81. The van der Waals surface area contributed by atoms with Crippen molar-refractivity contribution >= 4 is 0 Å². The second-order valence-corrected chi connectivity index (χ2v) is 7.79. The van der Waals surface area contributed by atoms with Crippen molar-refractivity contribution in [3.63, 3.8) is 0 Å². The third-order valence-electron chi connectivity index (χ3n) is 5.12. The summed E-state index contributed by atoms with van der Waals surface area (Å²) in [5.74, 6) is 7.53. The molecule has 2 aromatic rings. The van der Waals surface area contributed by atoms with Crippen LogP contribution in [0.4, 0.5) is 8.78 Å². The number of hydrogen-bond donors (Lipinski definition) is 0. The van der Waals surface area contributed by atoms with Gasteiger partial charge < -0.3 is 0 Å². The lowest BCUT2D eigenvalue weighted by atomic mass is 10.0. The van der Waals surface area contributed by atoms with Gasteiger partial charge in [-0.1, -0.05) is 82.1 Å². The molecule has 0 atom stereocenters. The summed E-state index contributed by atoms with van der Waals surface area (Å²) in [4.78, 5) is 0. The number of aryl methyl sites for hydroxylation is 2. The SMILES string of the molecule is CCCCCCCc1ccc(C#CC(F)=C(F)C#Cc2ccc(CCCC)cc2)cc1. The monoisotopic (exact) mass is 418 g/mol. The van der Waals surface area contributed by atoms with Gasteiger partial charge >= 0.3 is 0 Å². The van der Waals surface area contributed by atoms with Gasteiger partial charge in [-0.3, -0.25) is 0 Å². The van der Waals surface area contributed by atoms with Gasteiger partial charge in [-0.05, 0) is 72.9 Å². The molecule has 0 unspecified atom stereocenters. The normalized spacial score (nSPS) is 11.1. The van der Waals surface area contributed by atoms with Crippen LogP contribution in [-0.2, 0) is 12.8 Å². The topological polar surface area (TPSA) is 0 Å². The molecule has 0 saturated heterocycles. The van der Waals surface area contributed by atoms with E-state index in [4.69, 9.17) is 0 Å². The van der Waals surface area contributed by atoms with Crippen molar-refractivity contribution in [2.24, 2.45) is 0 Å². The minimum Gasteiger partial charge on any atom is -0.193 e. The molecule has 0 aliphatic carbocycles. The Bertz CT molecular complexity index is 942. The summed E-state index contributed by atoms with van der Waals surface area (Å²) < 4.78 is 27.9. The van der Waals surface area contributed by atoms with E-state index in [1.807, 2.05) is 48.5 Å². The Morgan fingerprint density at radius 1 is 0.581 bits per heavy atom. The molecule has 0 aliphatic rings. The van der Waals surface area contributed by atoms with E-state index in [1.54, 1.807) is 0 Å². The highest BCUT2D eigenvalue weighted by Gasteiger charge is 2.00. The molecule has 2 rings (SSSR count). The average molecular weight is 419 g/mol. The maximum Gasteiger partial charge on any atom is 0.217 e. The molecule has 0 aromatic heterocycles. The van der Waals surface area contributed by atoms with Crippen LogP contribution in [0.15, 0.2) is 60.2 Å². The van der Waals surface area contributed by atoms with Gasteiger partial charge in [0.15, 0.2) is 0 Å².